The molecule has 4 nitrogen and oxygen atoms in total. The number of benzene rings is 1. The first-order chi connectivity index (χ1) is 11.7. The smallest absolute Gasteiger partial charge is 0.123 e. The maximum Gasteiger partial charge on any atom is 0.123 e. The standard InChI is InChI=1S/C19H29FN2O2/c20-18-3-1-2-17(14-18)19(23)15-22-8-5-16(6-9-22)4-7-21-10-12-24-13-11-21/h1-3,14,16,19,23H,4-13,15H2. The van der Waals surface area contributed by atoms with E-state index in [0.717, 1.165) is 45.3 Å². The zero-order valence-electron chi connectivity index (χ0n) is 14.4. The Bertz CT molecular complexity index is 500. The molecule has 0 radical (unpaired) electrons. The summed E-state index contributed by atoms with van der Waals surface area (Å²) in [5.74, 6) is 0.503. The van der Waals surface area contributed by atoms with Crippen LogP contribution in [0.4, 0.5) is 4.39 Å². The van der Waals surface area contributed by atoms with Gasteiger partial charge in [-0.15, -0.1) is 0 Å². The largest absolute Gasteiger partial charge is 0.387 e. The average Bonchev–Trinajstić information content (AvgIpc) is 2.62. The summed E-state index contributed by atoms with van der Waals surface area (Å²) in [6.07, 6.45) is 3.05. The van der Waals surface area contributed by atoms with E-state index in [1.807, 2.05) is 0 Å². The molecule has 0 amide bonds. The molecule has 2 heterocycles. The molecule has 2 aliphatic rings. The molecule has 0 aliphatic carbocycles. The molecule has 24 heavy (non-hydrogen) atoms. The zero-order valence-corrected chi connectivity index (χ0v) is 14.4. The van der Waals surface area contributed by atoms with E-state index < -0.39 is 6.10 Å². The molecule has 2 saturated heterocycles. The van der Waals surface area contributed by atoms with Crippen molar-refractivity contribution in [2.75, 3.05) is 52.5 Å². The Hall–Kier alpha value is -1.01. The second kappa shape index (κ2) is 8.90. The summed E-state index contributed by atoms with van der Waals surface area (Å²) in [6.45, 7) is 7.71. The van der Waals surface area contributed by atoms with Crippen molar-refractivity contribution in [1.29, 1.82) is 0 Å². The maximum atomic E-state index is 13.3. The van der Waals surface area contributed by atoms with Gasteiger partial charge in [-0.3, -0.25) is 4.90 Å². The summed E-state index contributed by atoms with van der Waals surface area (Å²) in [4.78, 5) is 4.81. The van der Waals surface area contributed by atoms with Crippen molar-refractivity contribution in [3.05, 3.63) is 35.6 Å². The average molecular weight is 336 g/mol. The highest BCUT2D eigenvalue weighted by Crippen LogP contribution is 2.23. The van der Waals surface area contributed by atoms with Crippen LogP contribution in [0.3, 0.4) is 0 Å². The summed E-state index contributed by atoms with van der Waals surface area (Å²) in [6, 6.07) is 6.30. The van der Waals surface area contributed by atoms with Gasteiger partial charge in [0.15, 0.2) is 0 Å². The highest BCUT2D eigenvalue weighted by Gasteiger charge is 2.22. The normalized spacial score (nSPS) is 22.6. The number of ether oxygens (including phenoxy) is 1. The third-order valence-electron chi connectivity index (χ3n) is 5.33. The number of piperidine rings is 1. The number of hydrogen-bond acceptors (Lipinski definition) is 4. The lowest BCUT2D eigenvalue weighted by Crippen LogP contribution is -2.40. The number of aliphatic hydroxyl groups excluding tert-OH is 1. The minimum Gasteiger partial charge on any atom is -0.387 e. The summed E-state index contributed by atoms with van der Waals surface area (Å²) >= 11 is 0. The molecule has 0 bridgehead atoms. The van der Waals surface area contributed by atoms with Crippen molar-refractivity contribution >= 4 is 0 Å². The van der Waals surface area contributed by atoms with Crippen LogP contribution < -0.4 is 0 Å². The van der Waals surface area contributed by atoms with E-state index in [1.165, 1.54) is 37.9 Å². The van der Waals surface area contributed by atoms with Crippen molar-refractivity contribution < 1.29 is 14.2 Å². The number of halogens is 1. The van der Waals surface area contributed by atoms with E-state index in [0.29, 0.717) is 12.1 Å². The minimum absolute atomic E-state index is 0.284. The van der Waals surface area contributed by atoms with E-state index in [9.17, 15) is 9.50 Å². The van der Waals surface area contributed by atoms with Crippen molar-refractivity contribution in [2.45, 2.75) is 25.4 Å². The molecule has 3 rings (SSSR count). The lowest BCUT2D eigenvalue weighted by Gasteiger charge is -2.34. The predicted molar refractivity (Wildman–Crippen MR) is 92.4 cm³/mol. The van der Waals surface area contributed by atoms with E-state index >= 15 is 0 Å². The van der Waals surface area contributed by atoms with Gasteiger partial charge in [0.2, 0.25) is 0 Å². The first-order valence-electron chi connectivity index (χ1n) is 9.16. The van der Waals surface area contributed by atoms with Crippen molar-refractivity contribution in [1.82, 2.24) is 9.80 Å². The molecule has 0 spiro atoms. The van der Waals surface area contributed by atoms with E-state index in [2.05, 4.69) is 9.80 Å². The Balaban J connectivity index is 1.37. The van der Waals surface area contributed by atoms with Crippen molar-refractivity contribution in [2.24, 2.45) is 5.92 Å². The van der Waals surface area contributed by atoms with Crippen LogP contribution in [0.2, 0.25) is 0 Å². The van der Waals surface area contributed by atoms with Gasteiger partial charge in [-0.05, 0) is 62.5 Å². The highest BCUT2D eigenvalue weighted by atomic mass is 19.1. The number of aliphatic hydroxyl groups is 1. The Morgan fingerprint density at radius 2 is 1.88 bits per heavy atom. The van der Waals surface area contributed by atoms with Crippen LogP contribution in [-0.4, -0.2) is 67.4 Å². The maximum absolute atomic E-state index is 13.3. The van der Waals surface area contributed by atoms with Gasteiger partial charge in [0.1, 0.15) is 5.82 Å². The molecular weight excluding hydrogens is 307 g/mol. The van der Waals surface area contributed by atoms with Crippen LogP contribution in [0.25, 0.3) is 0 Å². The molecule has 2 aliphatic heterocycles. The number of nitrogens with zero attached hydrogens (tertiary/aromatic N) is 2. The van der Waals surface area contributed by atoms with Gasteiger partial charge in [0.05, 0.1) is 19.3 Å². The zero-order chi connectivity index (χ0) is 16.8. The third-order valence-corrected chi connectivity index (χ3v) is 5.33. The first kappa shape index (κ1) is 17.8. The van der Waals surface area contributed by atoms with E-state index in [-0.39, 0.29) is 5.82 Å². The Morgan fingerprint density at radius 3 is 2.58 bits per heavy atom. The van der Waals surface area contributed by atoms with Gasteiger partial charge in [0.25, 0.3) is 0 Å². The minimum atomic E-state index is -0.606. The highest BCUT2D eigenvalue weighted by molar-refractivity contribution is 5.19. The molecule has 1 aromatic rings. The molecule has 1 aromatic carbocycles. The fourth-order valence-electron chi connectivity index (χ4n) is 3.71. The molecule has 0 aromatic heterocycles. The van der Waals surface area contributed by atoms with Gasteiger partial charge >= 0.3 is 0 Å². The topological polar surface area (TPSA) is 35.9 Å². The Morgan fingerprint density at radius 1 is 1.12 bits per heavy atom. The fourth-order valence-corrected chi connectivity index (χ4v) is 3.71. The second-order valence-electron chi connectivity index (χ2n) is 7.06. The third kappa shape index (κ3) is 5.24. The van der Waals surface area contributed by atoms with Gasteiger partial charge in [-0.1, -0.05) is 12.1 Å². The fraction of sp³-hybridized carbons (Fsp3) is 0.684. The van der Waals surface area contributed by atoms with Gasteiger partial charge in [-0.2, -0.15) is 0 Å². The van der Waals surface area contributed by atoms with Gasteiger partial charge in [0, 0.05) is 19.6 Å². The first-order valence-corrected chi connectivity index (χ1v) is 9.16. The summed E-state index contributed by atoms with van der Waals surface area (Å²) in [5, 5.41) is 10.3. The van der Waals surface area contributed by atoms with Crippen LogP contribution in [-0.2, 0) is 4.74 Å². The summed E-state index contributed by atoms with van der Waals surface area (Å²) in [5.41, 5.74) is 0.671. The van der Waals surface area contributed by atoms with E-state index in [1.54, 1.807) is 12.1 Å². The molecule has 1 N–H and O–H groups in total. The molecule has 0 saturated carbocycles. The molecule has 1 atom stereocenters. The lowest BCUT2D eigenvalue weighted by molar-refractivity contribution is 0.0324. The number of rotatable bonds is 6. The molecule has 5 heteroatoms. The second-order valence-corrected chi connectivity index (χ2v) is 7.06. The SMILES string of the molecule is OC(CN1CCC(CCN2CCOCC2)CC1)c1cccc(F)c1. The van der Waals surface area contributed by atoms with Crippen LogP contribution in [0.1, 0.15) is 30.9 Å². The summed E-state index contributed by atoms with van der Waals surface area (Å²) < 4.78 is 18.6. The number of likely N-dealkylation sites (tertiary alicyclic amines) is 1. The molecule has 1 unspecified atom stereocenters. The number of morpholine rings is 1. The monoisotopic (exact) mass is 336 g/mol. The molecule has 134 valence electrons. The van der Waals surface area contributed by atoms with E-state index in [4.69, 9.17) is 4.74 Å². The Kier molecular flexibility index (Phi) is 6.60. The van der Waals surface area contributed by atoms with Crippen molar-refractivity contribution in [3.8, 4) is 0 Å². The summed E-state index contributed by atoms with van der Waals surface area (Å²) in [7, 11) is 0. The van der Waals surface area contributed by atoms with Crippen molar-refractivity contribution in [3.63, 3.8) is 0 Å². The van der Waals surface area contributed by atoms with Gasteiger partial charge in [-0.25, -0.2) is 4.39 Å². The lowest BCUT2D eigenvalue weighted by atomic mass is 9.93. The van der Waals surface area contributed by atoms with Crippen LogP contribution in [0, 0.1) is 11.7 Å². The molecular formula is C19H29FN2O2. The van der Waals surface area contributed by atoms with Gasteiger partial charge < -0.3 is 14.7 Å². The number of hydrogen-bond donors (Lipinski definition) is 1. The number of β-amino-alcohol motifs (C(OH)–C–C–N with tert-alkyl or cyclic N) is 1. The molecule has 2 fully saturated rings. The van der Waals surface area contributed by atoms with Crippen LogP contribution in [0.5, 0.6) is 0 Å². The van der Waals surface area contributed by atoms with Crippen LogP contribution >= 0.6 is 0 Å². The predicted octanol–water partition coefficient (Wildman–Crippen LogP) is 2.29. The Labute approximate surface area is 144 Å². The quantitative estimate of drug-likeness (QED) is 0.865. The van der Waals surface area contributed by atoms with Crippen LogP contribution in [0.15, 0.2) is 24.3 Å².